The first kappa shape index (κ1) is 10.2. The van der Waals surface area contributed by atoms with Crippen LogP contribution in [0.5, 0.6) is 0 Å². The molecule has 2 amide bonds. The highest BCUT2D eigenvalue weighted by molar-refractivity contribution is 5.99. The third-order valence-electron chi connectivity index (χ3n) is 3.63. The summed E-state index contributed by atoms with van der Waals surface area (Å²) in [5.74, 6) is 0.294. The molecule has 2 aliphatic heterocycles. The highest BCUT2D eigenvalue weighted by atomic mass is 16.5. The molecule has 0 spiro atoms. The summed E-state index contributed by atoms with van der Waals surface area (Å²) in [4.78, 5) is 24.6. The SMILES string of the molecule is O=C1CN(C2CCOC2C2CC2)CC(=O)N1. The Kier molecular flexibility index (Phi) is 2.44. The first-order chi connectivity index (χ1) is 7.74. The monoisotopic (exact) mass is 224 g/mol. The van der Waals surface area contributed by atoms with E-state index in [0.717, 1.165) is 13.0 Å². The second-order valence-corrected chi connectivity index (χ2v) is 4.91. The summed E-state index contributed by atoms with van der Waals surface area (Å²) in [5, 5.41) is 2.33. The number of piperazine rings is 1. The Morgan fingerprint density at radius 2 is 1.81 bits per heavy atom. The topological polar surface area (TPSA) is 58.6 Å². The molecule has 3 aliphatic rings. The Morgan fingerprint density at radius 3 is 2.44 bits per heavy atom. The molecule has 1 saturated carbocycles. The third-order valence-corrected chi connectivity index (χ3v) is 3.63. The van der Waals surface area contributed by atoms with E-state index in [4.69, 9.17) is 4.74 Å². The minimum Gasteiger partial charge on any atom is -0.376 e. The maximum atomic E-state index is 11.3. The van der Waals surface area contributed by atoms with Crippen molar-refractivity contribution < 1.29 is 14.3 Å². The molecule has 0 bridgehead atoms. The van der Waals surface area contributed by atoms with Gasteiger partial charge in [0.05, 0.1) is 19.2 Å². The fourth-order valence-electron chi connectivity index (χ4n) is 2.76. The zero-order valence-electron chi connectivity index (χ0n) is 9.15. The largest absolute Gasteiger partial charge is 0.376 e. The van der Waals surface area contributed by atoms with Gasteiger partial charge in [0.1, 0.15) is 0 Å². The summed E-state index contributed by atoms with van der Waals surface area (Å²) in [6.45, 7) is 1.43. The van der Waals surface area contributed by atoms with Gasteiger partial charge in [-0.1, -0.05) is 0 Å². The van der Waals surface area contributed by atoms with Crippen LogP contribution in [0.15, 0.2) is 0 Å². The Bertz CT molecular complexity index is 311. The van der Waals surface area contributed by atoms with Crippen LogP contribution in [-0.2, 0) is 14.3 Å². The van der Waals surface area contributed by atoms with Crippen molar-refractivity contribution in [3.05, 3.63) is 0 Å². The first-order valence-corrected chi connectivity index (χ1v) is 5.92. The molecule has 0 aromatic heterocycles. The molecule has 3 rings (SSSR count). The Morgan fingerprint density at radius 1 is 1.12 bits per heavy atom. The predicted octanol–water partition coefficient (Wildman–Crippen LogP) is -0.488. The van der Waals surface area contributed by atoms with Gasteiger partial charge in [0, 0.05) is 12.6 Å². The van der Waals surface area contributed by atoms with Crippen LogP contribution in [0.1, 0.15) is 19.3 Å². The van der Waals surface area contributed by atoms with Gasteiger partial charge in [0.2, 0.25) is 11.8 Å². The van der Waals surface area contributed by atoms with Crippen molar-refractivity contribution >= 4 is 11.8 Å². The van der Waals surface area contributed by atoms with E-state index in [0.29, 0.717) is 19.0 Å². The molecular formula is C11H16N2O3. The number of ether oxygens (including phenoxy) is 1. The van der Waals surface area contributed by atoms with E-state index in [1.807, 2.05) is 4.90 Å². The van der Waals surface area contributed by atoms with Crippen LogP contribution in [0.2, 0.25) is 0 Å². The fourth-order valence-corrected chi connectivity index (χ4v) is 2.76. The van der Waals surface area contributed by atoms with E-state index in [2.05, 4.69) is 5.32 Å². The van der Waals surface area contributed by atoms with Crippen LogP contribution < -0.4 is 5.32 Å². The lowest BCUT2D eigenvalue weighted by Gasteiger charge is -2.33. The Balaban J connectivity index is 1.70. The number of hydrogen-bond donors (Lipinski definition) is 1. The first-order valence-electron chi connectivity index (χ1n) is 5.92. The maximum Gasteiger partial charge on any atom is 0.240 e. The van der Waals surface area contributed by atoms with Crippen molar-refractivity contribution in [1.29, 1.82) is 0 Å². The number of imide groups is 1. The molecule has 5 nitrogen and oxygen atoms in total. The van der Waals surface area contributed by atoms with Crippen LogP contribution in [0.4, 0.5) is 0 Å². The zero-order chi connectivity index (χ0) is 11.1. The van der Waals surface area contributed by atoms with Crippen LogP contribution in [0.25, 0.3) is 0 Å². The van der Waals surface area contributed by atoms with Crippen LogP contribution >= 0.6 is 0 Å². The fraction of sp³-hybridized carbons (Fsp3) is 0.818. The summed E-state index contributed by atoms with van der Waals surface area (Å²) >= 11 is 0. The van der Waals surface area contributed by atoms with Crippen molar-refractivity contribution in [2.75, 3.05) is 19.7 Å². The van der Waals surface area contributed by atoms with E-state index < -0.39 is 0 Å². The van der Waals surface area contributed by atoms with E-state index in [9.17, 15) is 9.59 Å². The van der Waals surface area contributed by atoms with Gasteiger partial charge in [-0.05, 0) is 25.2 Å². The minimum absolute atomic E-state index is 0.183. The molecule has 2 heterocycles. The number of rotatable bonds is 2. The minimum atomic E-state index is -0.183. The molecular weight excluding hydrogens is 208 g/mol. The van der Waals surface area contributed by atoms with E-state index >= 15 is 0 Å². The van der Waals surface area contributed by atoms with Gasteiger partial charge in [-0.25, -0.2) is 0 Å². The van der Waals surface area contributed by atoms with Gasteiger partial charge in [-0.15, -0.1) is 0 Å². The Labute approximate surface area is 94.1 Å². The van der Waals surface area contributed by atoms with Gasteiger partial charge >= 0.3 is 0 Å². The standard InChI is InChI=1S/C11H16N2O3/c14-9-5-13(6-10(15)12-9)8-3-4-16-11(8)7-1-2-7/h7-8,11H,1-6H2,(H,12,14,15). The number of hydrogen-bond acceptors (Lipinski definition) is 4. The highest BCUT2D eigenvalue weighted by Gasteiger charge is 2.44. The van der Waals surface area contributed by atoms with Crippen LogP contribution in [-0.4, -0.2) is 48.6 Å². The van der Waals surface area contributed by atoms with Gasteiger partial charge in [0.15, 0.2) is 0 Å². The molecule has 0 radical (unpaired) electrons. The van der Waals surface area contributed by atoms with Gasteiger partial charge < -0.3 is 4.74 Å². The quantitative estimate of drug-likeness (QED) is 0.643. The average molecular weight is 224 g/mol. The van der Waals surface area contributed by atoms with Crippen molar-refractivity contribution in [2.45, 2.75) is 31.4 Å². The normalized spacial score (nSPS) is 36.5. The van der Waals surface area contributed by atoms with Gasteiger partial charge in [0.25, 0.3) is 0 Å². The lowest BCUT2D eigenvalue weighted by molar-refractivity contribution is -0.137. The molecule has 1 N–H and O–H groups in total. The summed E-state index contributed by atoms with van der Waals surface area (Å²) in [6.07, 6.45) is 3.66. The van der Waals surface area contributed by atoms with Crippen LogP contribution in [0, 0.1) is 5.92 Å². The molecule has 2 saturated heterocycles. The van der Waals surface area contributed by atoms with Crippen molar-refractivity contribution in [1.82, 2.24) is 10.2 Å². The maximum absolute atomic E-state index is 11.3. The zero-order valence-corrected chi connectivity index (χ0v) is 9.15. The number of carbonyl (C=O) groups is 2. The van der Waals surface area contributed by atoms with Crippen molar-refractivity contribution in [3.63, 3.8) is 0 Å². The summed E-state index contributed by atoms with van der Waals surface area (Å²) < 4.78 is 5.73. The Hall–Kier alpha value is -0.940. The van der Waals surface area contributed by atoms with Crippen molar-refractivity contribution in [3.8, 4) is 0 Å². The van der Waals surface area contributed by atoms with E-state index in [-0.39, 0.29) is 24.0 Å². The molecule has 0 aromatic carbocycles. The molecule has 0 aromatic rings. The summed E-state index contributed by atoms with van der Waals surface area (Å²) in [6, 6.07) is 0.266. The number of carbonyl (C=O) groups excluding carboxylic acids is 2. The highest BCUT2D eigenvalue weighted by Crippen LogP contribution is 2.40. The molecule has 2 atom stereocenters. The lowest BCUT2D eigenvalue weighted by Crippen LogP contribution is -2.56. The van der Waals surface area contributed by atoms with E-state index in [1.165, 1.54) is 12.8 Å². The third kappa shape index (κ3) is 1.85. The smallest absolute Gasteiger partial charge is 0.240 e. The lowest BCUT2D eigenvalue weighted by atomic mass is 10.0. The molecule has 3 fully saturated rings. The molecule has 88 valence electrons. The molecule has 5 heteroatoms. The predicted molar refractivity (Wildman–Crippen MR) is 55.6 cm³/mol. The molecule has 1 aliphatic carbocycles. The van der Waals surface area contributed by atoms with Crippen molar-refractivity contribution in [2.24, 2.45) is 5.92 Å². The van der Waals surface area contributed by atoms with Gasteiger partial charge in [-0.2, -0.15) is 0 Å². The summed E-state index contributed by atoms with van der Waals surface area (Å²) in [5.41, 5.74) is 0. The summed E-state index contributed by atoms with van der Waals surface area (Å²) in [7, 11) is 0. The van der Waals surface area contributed by atoms with E-state index in [1.54, 1.807) is 0 Å². The van der Waals surface area contributed by atoms with Crippen LogP contribution in [0.3, 0.4) is 0 Å². The molecule has 2 unspecified atom stereocenters. The van der Waals surface area contributed by atoms with Gasteiger partial charge in [-0.3, -0.25) is 19.8 Å². The second-order valence-electron chi connectivity index (χ2n) is 4.91. The number of nitrogens with zero attached hydrogens (tertiary/aromatic N) is 1. The molecule has 16 heavy (non-hydrogen) atoms. The average Bonchev–Trinajstić information content (AvgIpc) is 2.94. The number of amides is 2. The number of nitrogens with one attached hydrogen (secondary N) is 1. The second kappa shape index (κ2) is 3.82.